The molecule has 1 aliphatic rings. The Morgan fingerprint density at radius 1 is 1.07 bits per heavy atom. The van der Waals surface area contributed by atoms with Crippen LogP contribution in [0.25, 0.3) is 0 Å². The third kappa shape index (κ3) is 5.95. The summed E-state index contributed by atoms with van der Waals surface area (Å²) in [6.07, 6.45) is 2.39. The maximum Gasteiger partial charge on any atom is 0.234 e. The van der Waals surface area contributed by atoms with Crippen molar-refractivity contribution in [2.75, 3.05) is 41.0 Å². The summed E-state index contributed by atoms with van der Waals surface area (Å²) < 4.78 is 16.2. The first kappa shape index (κ1) is 21.1. The van der Waals surface area contributed by atoms with Crippen molar-refractivity contribution in [2.45, 2.75) is 25.0 Å². The molecule has 1 fully saturated rings. The van der Waals surface area contributed by atoms with E-state index in [4.69, 9.17) is 14.2 Å². The van der Waals surface area contributed by atoms with Crippen molar-refractivity contribution < 1.29 is 19.0 Å². The fourth-order valence-electron chi connectivity index (χ4n) is 3.60. The van der Waals surface area contributed by atoms with E-state index in [0.29, 0.717) is 6.54 Å². The Morgan fingerprint density at radius 3 is 2.07 bits per heavy atom. The Hall–Kier alpha value is -2.57. The van der Waals surface area contributed by atoms with Crippen LogP contribution in [-0.4, -0.2) is 57.9 Å². The minimum atomic E-state index is -0.254. The molecule has 3 rings (SSSR count). The minimum absolute atomic E-state index is 0.0258. The molecule has 6 nitrogen and oxygen atoms in total. The smallest absolute Gasteiger partial charge is 0.234 e. The Kier molecular flexibility index (Phi) is 7.49. The molecule has 1 atom stereocenters. The first-order valence-corrected chi connectivity index (χ1v) is 9.96. The first-order valence-electron chi connectivity index (χ1n) is 9.96. The molecule has 2 aromatic rings. The van der Waals surface area contributed by atoms with E-state index >= 15 is 0 Å². The molecular weight excluding hydrogens is 368 g/mol. The van der Waals surface area contributed by atoms with Crippen molar-refractivity contribution in [3.8, 4) is 11.5 Å². The number of methoxy groups -OCH3 is 2. The van der Waals surface area contributed by atoms with E-state index in [2.05, 4.69) is 5.32 Å². The summed E-state index contributed by atoms with van der Waals surface area (Å²) in [7, 11) is 5.24. The number of carbonyl (C=O) groups excluding carboxylic acids is 1. The molecular formula is C23H30N2O4. The maximum absolute atomic E-state index is 12.8. The van der Waals surface area contributed by atoms with Gasteiger partial charge in [0.05, 0.1) is 32.9 Å². The largest absolute Gasteiger partial charge is 0.497 e. The molecule has 0 saturated carbocycles. The van der Waals surface area contributed by atoms with Gasteiger partial charge >= 0.3 is 0 Å². The Morgan fingerprint density at radius 2 is 1.62 bits per heavy atom. The lowest BCUT2D eigenvalue weighted by atomic mass is 9.98. The van der Waals surface area contributed by atoms with Crippen LogP contribution in [0.5, 0.6) is 11.5 Å². The second kappa shape index (κ2) is 10.3. The van der Waals surface area contributed by atoms with Gasteiger partial charge in [0.1, 0.15) is 11.5 Å². The predicted molar refractivity (Wildman–Crippen MR) is 112 cm³/mol. The number of nitrogens with one attached hydrogen (secondary N) is 1. The summed E-state index contributed by atoms with van der Waals surface area (Å²) in [4.78, 5) is 14.8. The highest BCUT2D eigenvalue weighted by atomic mass is 16.5. The Bertz CT molecular complexity index is 723. The molecule has 0 bridgehead atoms. The number of hydrogen-bond donors (Lipinski definition) is 1. The molecule has 6 heteroatoms. The number of carbonyl (C=O) groups is 1. The van der Waals surface area contributed by atoms with Crippen molar-refractivity contribution in [3.05, 3.63) is 59.7 Å². The highest BCUT2D eigenvalue weighted by Crippen LogP contribution is 2.26. The summed E-state index contributed by atoms with van der Waals surface area (Å²) in [5.41, 5.74) is 1.98. The number of ether oxygens (including phenoxy) is 3. The van der Waals surface area contributed by atoms with Crippen LogP contribution in [0.15, 0.2) is 48.5 Å². The van der Waals surface area contributed by atoms with Gasteiger partial charge in [0.2, 0.25) is 5.91 Å². The zero-order valence-electron chi connectivity index (χ0n) is 17.4. The molecule has 1 aliphatic heterocycles. The van der Waals surface area contributed by atoms with Crippen molar-refractivity contribution in [3.63, 3.8) is 0 Å². The van der Waals surface area contributed by atoms with Crippen molar-refractivity contribution in [1.82, 2.24) is 10.2 Å². The molecule has 0 spiro atoms. The molecule has 0 radical (unpaired) electrons. The molecule has 0 aliphatic carbocycles. The molecule has 0 aromatic heterocycles. The molecule has 1 saturated heterocycles. The van der Waals surface area contributed by atoms with Gasteiger partial charge in [0.15, 0.2) is 0 Å². The number of likely N-dealkylation sites (N-methyl/N-ethyl adjacent to an activating group) is 1. The van der Waals surface area contributed by atoms with Crippen LogP contribution in [0.2, 0.25) is 0 Å². The Balaban J connectivity index is 1.71. The lowest BCUT2D eigenvalue weighted by molar-refractivity contribution is -0.122. The SMILES string of the molecule is COc1ccc(C(NC(=O)CN(C)CC2CCCO2)c2ccc(OC)cc2)cc1. The van der Waals surface area contributed by atoms with Crippen molar-refractivity contribution >= 4 is 5.91 Å². The van der Waals surface area contributed by atoms with Gasteiger partial charge in [-0.25, -0.2) is 0 Å². The van der Waals surface area contributed by atoms with Crippen LogP contribution >= 0.6 is 0 Å². The summed E-state index contributed by atoms with van der Waals surface area (Å²) >= 11 is 0. The number of rotatable bonds is 9. The van der Waals surface area contributed by atoms with Gasteiger partial charge in [0, 0.05) is 13.2 Å². The zero-order chi connectivity index (χ0) is 20.6. The highest BCUT2D eigenvalue weighted by molar-refractivity contribution is 5.79. The van der Waals surface area contributed by atoms with Crippen LogP contribution in [0.3, 0.4) is 0 Å². The summed E-state index contributed by atoms with van der Waals surface area (Å²) in [6, 6.07) is 15.3. The number of benzene rings is 2. The van der Waals surface area contributed by atoms with E-state index in [9.17, 15) is 4.79 Å². The molecule has 1 N–H and O–H groups in total. The predicted octanol–water partition coefficient (Wildman–Crippen LogP) is 3.02. The third-order valence-electron chi connectivity index (χ3n) is 5.16. The summed E-state index contributed by atoms with van der Waals surface area (Å²) in [5, 5.41) is 3.18. The van der Waals surface area contributed by atoms with E-state index in [1.807, 2.05) is 60.5 Å². The fourth-order valence-corrected chi connectivity index (χ4v) is 3.60. The highest BCUT2D eigenvalue weighted by Gasteiger charge is 2.21. The number of amides is 1. The van der Waals surface area contributed by atoms with Crippen LogP contribution < -0.4 is 14.8 Å². The monoisotopic (exact) mass is 398 g/mol. The minimum Gasteiger partial charge on any atom is -0.497 e. The number of hydrogen-bond acceptors (Lipinski definition) is 5. The van der Waals surface area contributed by atoms with E-state index < -0.39 is 0 Å². The molecule has 2 aromatic carbocycles. The molecule has 1 amide bonds. The second-order valence-corrected chi connectivity index (χ2v) is 7.38. The van der Waals surface area contributed by atoms with Crippen molar-refractivity contribution in [2.24, 2.45) is 0 Å². The zero-order valence-corrected chi connectivity index (χ0v) is 17.4. The van der Waals surface area contributed by atoms with Crippen LogP contribution in [0, 0.1) is 0 Å². The van der Waals surface area contributed by atoms with Gasteiger partial charge in [-0.15, -0.1) is 0 Å². The average Bonchev–Trinajstić information content (AvgIpc) is 3.25. The lowest BCUT2D eigenvalue weighted by Crippen LogP contribution is -2.40. The lowest BCUT2D eigenvalue weighted by Gasteiger charge is -2.24. The van der Waals surface area contributed by atoms with Crippen LogP contribution in [-0.2, 0) is 9.53 Å². The fraction of sp³-hybridized carbons (Fsp3) is 0.435. The van der Waals surface area contributed by atoms with E-state index in [1.54, 1.807) is 14.2 Å². The van der Waals surface area contributed by atoms with Gasteiger partial charge in [-0.2, -0.15) is 0 Å². The third-order valence-corrected chi connectivity index (χ3v) is 5.16. The molecule has 156 valence electrons. The quantitative estimate of drug-likeness (QED) is 0.704. The van der Waals surface area contributed by atoms with E-state index in [-0.39, 0.29) is 18.1 Å². The van der Waals surface area contributed by atoms with E-state index in [1.165, 1.54) is 0 Å². The van der Waals surface area contributed by atoms with E-state index in [0.717, 1.165) is 48.6 Å². The van der Waals surface area contributed by atoms with Crippen molar-refractivity contribution in [1.29, 1.82) is 0 Å². The summed E-state index contributed by atoms with van der Waals surface area (Å²) in [5.74, 6) is 1.54. The first-order chi connectivity index (χ1) is 14.1. The standard InChI is InChI=1S/C23H30N2O4/c1-25(15-21-5-4-14-29-21)16-22(26)24-23(17-6-10-19(27-2)11-7-17)18-8-12-20(28-3)13-9-18/h6-13,21,23H,4-5,14-16H2,1-3H3,(H,24,26). The topological polar surface area (TPSA) is 60.0 Å². The van der Waals surface area contributed by atoms with Gasteiger partial charge in [-0.1, -0.05) is 24.3 Å². The van der Waals surface area contributed by atoms with Gasteiger partial charge in [0.25, 0.3) is 0 Å². The van der Waals surface area contributed by atoms with Crippen LogP contribution in [0.1, 0.15) is 30.0 Å². The maximum atomic E-state index is 12.8. The van der Waals surface area contributed by atoms with Gasteiger partial charge in [-0.3, -0.25) is 9.69 Å². The molecule has 29 heavy (non-hydrogen) atoms. The molecule has 1 heterocycles. The second-order valence-electron chi connectivity index (χ2n) is 7.38. The normalized spacial score (nSPS) is 16.2. The van der Waals surface area contributed by atoms with Gasteiger partial charge in [-0.05, 0) is 55.3 Å². The Labute approximate surface area is 172 Å². The summed E-state index contributed by atoms with van der Waals surface area (Å²) in [6.45, 7) is 1.91. The van der Waals surface area contributed by atoms with Crippen LogP contribution in [0.4, 0.5) is 0 Å². The molecule has 1 unspecified atom stereocenters. The number of nitrogens with zero attached hydrogens (tertiary/aromatic N) is 1. The van der Waals surface area contributed by atoms with Gasteiger partial charge < -0.3 is 19.5 Å². The average molecular weight is 399 g/mol.